The first kappa shape index (κ1) is 12.7. The number of hydrogen-bond acceptors (Lipinski definition) is 0. The minimum atomic E-state index is -4.26. The maximum atomic E-state index is 12.4. The molecule has 0 N–H and O–H groups in total. The summed E-state index contributed by atoms with van der Waals surface area (Å²) in [6.07, 6.45) is 8.64. The third-order valence-corrected chi connectivity index (χ3v) is 2.79. The van der Waals surface area contributed by atoms with E-state index in [0.29, 0.717) is 5.92 Å². The van der Waals surface area contributed by atoms with E-state index in [2.05, 4.69) is 12.2 Å². The van der Waals surface area contributed by atoms with Crippen LogP contribution in [-0.4, -0.2) is 0 Å². The van der Waals surface area contributed by atoms with E-state index in [9.17, 15) is 13.2 Å². The average molecular weight is 250 g/mol. The molecule has 0 aromatic heterocycles. The number of alkyl halides is 3. The monoisotopic (exact) mass is 250 g/mol. The summed E-state index contributed by atoms with van der Waals surface area (Å²) in [4.78, 5) is 0. The van der Waals surface area contributed by atoms with Crippen LogP contribution in [0.4, 0.5) is 13.2 Å². The van der Waals surface area contributed by atoms with E-state index in [1.54, 1.807) is 0 Å². The van der Waals surface area contributed by atoms with Crippen LogP contribution in [0.15, 0.2) is 54.6 Å². The molecule has 1 aromatic carbocycles. The Morgan fingerprint density at radius 2 is 1.78 bits per heavy atom. The van der Waals surface area contributed by atoms with Gasteiger partial charge in [-0.05, 0) is 30.0 Å². The number of rotatable bonds is 2. The van der Waals surface area contributed by atoms with Crippen molar-refractivity contribution in [1.29, 1.82) is 0 Å². The highest BCUT2D eigenvalue weighted by atomic mass is 19.4. The van der Waals surface area contributed by atoms with Crippen molar-refractivity contribution in [3.05, 3.63) is 65.8 Å². The van der Waals surface area contributed by atoms with Gasteiger partial charge in [0.2, 0.25) is 0 Å². The van der Waals surface area contributed by atoms with Crippen molar-refractivity contribution >= 4 is 6.08 Å². The SMILES string of the molecule is FC(F)(F)c1ccc(C=CC2C=CC=CC2)cc1. The highest BCUT2D eigenvalue weighted by Gasteiger charge is 2.29. The quantitative estimate of drug-likeness (QED) is 0.703. The molecular formula is C15H13F3. The van der Waals surface area contributed by atoms with E-state index >= 15 is 0 Å². The van der Waals surface area contributed by atoms with Crippen molar-refractivity contribution < 1.29 is 13.2 Å². The summed E-state index contributed by atoms with van der Waals surface area (Å²) < 4.78 is 37.1. The molecule has 0 bridgehead atoms. The van der Waals surface area contributed by atoms with Crippen LogP contribution in [0, 0.1) is 5.92 Å². The van der Waals surface area contributed by atoms with Gasteiger partial charge in [0.15, 0.2) is 0 Å². The Morgan fingerprint density at radius 1 is 1.06 bits per heavy atom. The van der Waals surface area contributed by atoms with E-state index in [1.165, 1.54) is 12.1 Å². The van der Waals surface area contributed by atoms with Gasteiger partial charge in [0.25, 0.3) is 0 Å². The second-order valence-electron chi connectivity index (χ2n) is 4.19. The molecular weight excluding hydrogens is 237 g/mol. The van der Waals surface area contributed by atoms with E-state index in [0.717, 1.165) is 24.1 Å². The lowest BCUT2D eigenvalue weighted by atomic mass is 9.99. The Hall–Kier alpha value is -1.77. The van der Waals surface area contributed by atoms with Crippen molar-refractivity contribution in [1.82, 2.24) is 0 Å². The summed E-state index contributed by atoms with van der Waals surface area (Å²) in [5.74, 6) is 0.331. The van der Waals surface area contributed by atoms with Gasteiger partial charge in [0.1, 0.15) is 0 Å². The summed E-state index contributed by atoms with van der Waals surface area (Å²) in [5.41, 5.74) is 0.172. The molecule has 1 atom stereocenters. The van der Waals surface area contributed by atoms with Gasteiger partial charge >= 0.3 is 6.18 Å². The van der Waals surface area contributed by atoms with Gasteiger partial charge in [-0.3, -0.25) is 0 Å². The maximum absolute atomic E-state index is 12.4. The second-order valence-corrected chi connectivity index (χ2v) is 4.19. The van der Waals surface area contributed by atoms with Gasteiger partial charge < -0.3 is 0 Å². The Bertz CT molecular complexity index is 475. The Balaban J connectivity index is 2.04. The van der Waals surface area contributed by atoms with Crippen LogP contribution in [-0.2, 0) is 6.18 Å². The van der Waals surface area contributed by atoms with Gasteiger partial charge in [0.05, 0.1) is 5.56 Å². The molecule has 0 radical (unpaired) electrons. The zero-order valence-corrected chi connectivity index (χ0v) is 9.69. The molecule has 3 heteroatoms. The van der Waals surface area contributed by atoms with Crippen LogP contribution in [0.1, 0.15) is 17.5 Å². The zero-order valence-electron chi connectivity index (χ0n) is 9.69. The highest BCUT2D eigenvalue weighted by molar-refractivity contribution is 5.50. The van der Waals surface area contributed by atoms with Crippen molar-refractivity contribution in [2.45, 2.75) is 12.6 Å². The van der Waals surface area contributed by atoms with Gasteiger partial charge in [0, 0.05) is 0 Å². The molecule has 18 heavy (non-hydrogen) atoms. The summed E-state index contributed by atoms with van der Waals surface area (Å²) in [5, 5.41) is 0. The van der Waals surface area contributed by atoms with Crippen LogP contribution in [0.3, 0.4) is 0 Å². The first-order chi connectivity index (χ1) is 8.55. The fraction of sp³-hybridized carbons (Fsp3) is 0.200. The third-order valence-electron chi connectivity index (χ3n) is 2.79. The van der Waals surface area contributed by atoms with Gasteiger partial charge in [-0.1, -0.05) is 48.6 Å². The van der Waals surface area contributed by atoms with Crippen molar-refractivity contribution in [2.24, 2.45) is 5.92 Å². The second kappa shape index (κ2) is 5.25. The fourth-order valence-corrected chi connectivity index (χ4v) is 1.76. The summed E-state index contributed by atoms with van der Waals surface area (Å²) in [7, 11) is 0. The topological polar surface area (TPSA) is 0 Å². The minimum Gasteiger partial charge on any atom is -0.166 e. The lowest BCUT2D eigenvalue weighted by molar-refractivity contribution is -0.137. The molecule has 94 valence electrons. The molecule has 0 fully saturated rings. The molecule has 1 aromatic rings. The standard InChI is InChI=1S/C15H13F3/c16-15(17,18)14-10-8-13(9-11-14)7-6-12-4-2-1-3-5-12/h1-4,6-12H,5H2. The minimum absolute atomic E-state index is 0.331. The summed E-state index contributed by atoms with van der Waals surface area (Å²) >= 11 is 0. The Kier molecular flexibility index (Phi) is 3.70. The van der Waals surface area contributed by atoms with Crippen molar-refractivity contribution in [2.75, 3.05) is 0 Å². The lowest BCUT2D eigenvalue weighted by Gasteiger charge is -2.08. The van der Waals surface area contributed by atoms with Crippen LogP contribution < -0.4 is 0 Å². The molecule has 0 heterocycles. The predicted octanol–water partition coefficient (Wildman–Crippen LogP) is 4.85. The van der Waals surface area contributed by atoms with E-state index in [1.807, 2.05) is 24.3 Å². The number of hydrogen-bond donors (Lipinski definition) is 0. The summed E-state index contributed by atoms with van der Waals surface area (Å²) in [6, 6.07) is 5.19. The molecule has 1 aliphatic rings. The van der Waals surface area contributed by atoms with E-state index in [4.69, 9.17) is 0 Å². The number of allylic oxidation sites excluding steroid dienone is 5. The molecule has 0 saturated heterocycles. The van der Waals surface area contributed by atoms with Crippen molar-refractivity contribution in [3.8, 4) is 0 Å². The highest BCUT2D eigenvalue weighted by Crippen LogP contribution is 2.29. The zero-order chi connectivity index (χ0) is 13.0. The molecule has 0 nitrogen and oxygen atoms in total. The van der Waals surface area contributed by atoms with E-state index < -0.39 is 11.7 Å². The first-order valence-electron chi connectivity index (χ1n) is 5.74. The Morgan fingerprint density at radius 3 is 2.33 bits per heavy atom. The summed E-state index contributed by atoms with van der Waals surface area (Å²) in [6.45, 7) is 0. The van der Waals surface area contributed by atoms with Crippen LogP contribution >= 0.6 is 0 Å². The molecule has 1 aliphatic carbocycles. The molecule has 1 unspecified atom stereocenters. The molecule has 0 saturated carbocycles. The third kappa shape index (κ3) is 3.36. The maximum Gasteiger partial charge on any atom is 0.416 e. The number of benzene rings is 1. The molecule has 0 aliphatic heterocycles. The van der Waals surface area contributed by atoms with Crippen LogP contribution in [0.25, 0.3) is 6.08 Å². The Labute approximate surface area is 104 Å². The van der Waals surface area contributed by atoms with Crippen LogP contribution in [0.5, 0.6) is 0 Å². The number of halogens is 3. The predicted molar refractivity (Wildman–Crippen MR) is 66.9 cm³/mol. The molecule has 0 spiro atoms. The molecule has 0 amide bonds. The smallest absolute Gasteiger partial charge is 0.166 e. The van der Waals surface area contributed by atoms with Gasteiger partial charge in [-0.15, -0.1) is 0 Å². The van der Waals surface area contributed by atoms with Gasteiger partial charge in [-0.25, -0.2) is 0 Å². The fourth-order valence-electron chi connectivity index (χ4n) is 1.76. The average Bonchev–Trinajstić information content (AvgIpc) is 2.37. The van der Waals surface area contributed by atoms with Gasteiger partial charge in [-0.2, -0.15) is 13.2 Å². The molecule has 2 rings (SSSR count). The lowest BCUT2D eigenvalue weighted by Crippen LogP contribution is -2.03. The van der Waals surface area contributed by atoms with Crippen LogP contribution in [0.2, 0.25) is 0 Å². The largest absolute Gasteiger partial charge is 0.416 e. The van der Waals surface area contributed by atoms with Crippen molar-refractivity contribution in [3.63, 3.8) is 0 Å². The first-order valence-corrected chi connectivity index (χ1v) is 5.74. The van der Waals surface area contributed by atoms with E-state index in [-0.39, 0.29) is 0 Å². The normalized spacial score (nSPS) is 19.6.